The molecule has 2 N–H and O–H groups in total. The smallest absolute Gasteiger partial charge is 0.326 e. The number of carboxylic acids is 1. The van der Waals surface area contributed by atoms with Crippen LogP contribution in [-0.2, 0) is 4.79 Å². The highest BCUT2D eigenvalue weighted by Crippen LogP contribution is 2.21. The van der Waals surface area contributed by atoms with Gasteiger partial charge in [0.2, 0.25) is 0 Å². The lowest BCUT2D eigenvalue weighted by Crippen LogP contribution is -2.41. The van der Waals surface area contributed by atoms with E-state index in [4.69, 9.17) is 5.11 Å². The topological polar surface area (TPSA) is 79.3 Å². The van der Waals surface area contributed by atoms with Gasteiger partial charge >= 0.3 is 5.97 Å². The summed E-state index contributed by atoms with van der Waals surface area (Å²) in [4.78, 5) is 27.7. The Hall–Kier alpha value is -1.43. The fraction of sp³-hybridized carbons (Fsp3) is 0.615. The van der Waals surface area contributed by atoms with Crippen LogP contribution in [0.15, 0.2) is 6.20 Å². The summed E-state index contributed by atoms with van der Waals surface area (Å²) >= 11 is 1.31. The number of amides is 1. The Balaban J connectivity index is 2.73. The molecule has 0 aliphatic carbocycles. The maximum Gasteiger partial charge on any atom is 0.326 e. The summed E-state index contributed by atoms with van der Waals surface area (Å²) in [7, 11) is 0. The molecule has 0 bridgehead atoms. The molecule has 106 valence electrons. The fourth-order valence-corrected chi connectivity index (χ4v) is 2.41. The van der Waals surface area contributed by atoms with Gasteiger partial charge in [0.1, 0.15) is 10.9 Å². The van der Waals surface area contributed by atoms with Crippen LogP contribution in [0.4, 0.5) is 0 Å². The van der Waals surface area contributed by atoms with Gasteiger partial charge in [0.05, 0.1) is 11.2 Å². The molecule has 0 aliphatic heterocycles. The Bertz CT molecular complexity index is 454. The van der Waals surface area contributed by atoms with Gasteiger partial charge in [0.15, 0.2) is 0 Å². The Morgan fingerprint density at radius 2 is 2.00 bits per heavy atom. The van der Waals surface area contributed by atoms with E-state index in [2.05, 4.69) is 10.3 Å². The van der Waals surface area contributed by atoms with Crippen molar-refractivity contribution in [2.75, 3.05) is 0 Å². The summed E-state index contributed by atoms with van der Waals surface area (Å²) < 4.78 is 0. The average Bonchev–Trinajstić information content (AvgIpc) is 2.76. The van der Waals surface area contributed by atoms with E-state index >= 15 is 0 Å². The molecule has 6 heteroatoms. The maximum atomic E-state index is 12.0. The first-order valence-corrected chi connectivity index (χ1v) is 7.12. The number of rotatable bonds is 6. The van der Waals surface area contributed by atoms with Crippen LogP contribution >= 0.6 is 11.3 Å². The largest absolute Gasteiger partial charge is 0.480 e. The van der Waals surface area contributed by atoms with Gasteiger partial charge in [0.25, 0.3) is 5.91 Å². The number of carbonyl (C=O) groups is 2. The summed E-state index contributed by atoms with van der Waals surface area (Å²) in [6.07, 6.45) is 1.92. The van der Waals surface area contributed by atoms with Crippen molar-refractivity contribution in [2.24, 2.45) is 5.92 Å². The number of aromatic nitrogens is 1. The normalized spacial score (nSPS) is 12.7. The average molecular weight is 284 g/mol. The van der Waals surface area contributed by atoms with Crippen molar-refractivity contribution in [3.8, 4) is 0 Å². The molecule has 1 heterocycles. The molecule has 0 saturated carbocycles. The fourth-order valence-electron chi connectivity index (χ4n) is 1.58. The van der Waals surface area contributed by atoms with Crippen LogP contribution in [0.2, 0.25) is 0 Å². The van der Waals surface area contributed by atoms with E-state index in [9.17, 15) is 9.59 Å². The van der Waals surface area contributed by atoms with Crippen molar-refractivity contribution in [1.82, 2.24) is 10.3 Å². The van der Waals surface area contributed by atoms with E-state index in [0.29, 0.717) is 11.3 Å². The van der Waals surface area contributed by atoms with Crippen molar-refractivity contribution in [3.05, 3.63) is 16.1 Å². The highest BCUT2D eigenvalue weighted by atomic mass is 32.1. The Morgan fingerprint density at radius 1 is 1.37 bits per heavy atom. The number of hydrogen-bond donors (Lipinski definition) is 2. The van der Waals surface area contributed by atoms with Gasteiger partial charge in [-0.2, -0.15) is 0 Å². The van der Waals surface area contributed by atoms with Gasteiger partial charge in [-0.1, -0.05) is 27.7 Å². The molecule has 1 rings (SSSR count). The van der Waals surface area contributed by atoms with Crippen LogP contribution in [0.1, 0.15) is 54.7 Å². The van der Waals surface area contributed by atoms with Crippen LogP contribution in [0.5, 0.6) is 0 Å². The summed E-state index contributed by atoms with van der Waals surface area (Å²) in [5.41, 5.74) is 0. The number of thiazole rings is 1. The first-order valence-electron chi connectivity index (χ1n) is 6.30. The highest BCUT2D eigenvalue weighted by Gasteiger charge is 2.23. The molecule has 5 nitrogen and oxygen atoms in total. The van der Waals surface area contributed by atoms with E-state index in [1.54, 1.807) is 0 Å². The second-order valence-electron chi connectivity index (χ2n) is 5.21. The van der Waals surface area contributed by atoms with Crippen molar-refractivity contribution < 1.29 is 14.7 Å². The lowest BCUT2D eigenvalue weighted by Gasteiger charge is -2.15. The standard InChI is InChI=1S/C13H20N2O3S/c1-7(2)5-9(13(17)18)15-11(16)10-6-14-12(19-10)8(3)4/h6-9H,5H2,1-4H3,(H,15,16)(H,17,18)/t9-/m0/s1. The molecule has 1 aromatic rings. The summed E-state index contributed by atoms with van der Waals surface area (Å²) in [5, 5.41) is 12.5. The molecule has 0 aromatic carbocycles. The quantitative estimate of drug-likeness (QED) is 0.841. The Kier molecular flexibility index (Phi) is 5.47. The molecule has 1 atom stereocenters. The third kappa shape index (κ3) is 4.63. The second kappa shape index (κ2) is 6.65. The highest BCUT2D eigenvalue weighted by molar-refractivity contribution is 7.13. The van der Waals surface area contributed by atoms with E-state index in [1.807, 2.05) is 27.7 Å². The molecule has 1 aromatic heterocycles. The third-order valence-electron chi connectivity index (χ3n) is 2.55. The predicted octanol–water partition coefficient (Wildman–Crippen LogP) is 2.50. The SMILES string of the molecule is CC(C)C[C@H](NC(=O)c1cnc(C(C)C)s1)C(=O)O. The number of nitrogens with one attached hydrogen (secondary N) is 1. The minimum absolute atomic E-state index is 0.203. The molecule has 0 radical (unpaired) electrons. The molecule has 0 spiro atoms. The molecule has 0 fully saturated rings. The predicted molar refractivity (Wildman–Crippen MR) is 74.5 cm³/mol. The minimum Gasteiger partial charge on any atom is -0.480 e. The first kappa shape index (κ1) is 15.6. The first-order chi connectivity index (χ1) is 8.81. The van der Waals surface area contributed by atoms with Gasteiger partial charge in [-0.15, -0.1) is 11.3 Å². The number of nitrogens with zero attached hydrogens (tertiary/aromatic N) is 1. The molecule has 0 aliphatic rings. The monoisotopic (exact) mass is 284 g/mol. The summed E-state index contributed by atoms with van der Waals surface area (Å²) in [6, 6.07) is -0.850. The van der Waals surface area contributed by atoms with Crippen LogP contribution in [0.3, 0.4) is 0 Å². The minimum atomic E-state index is -1.00. The van der Waals surface area contributed by atoms with Crippen molar-refractivity contribution in [1.29, 1.82) is 0 Å². The van der Waals surface area contributed by atoms with Crippen molar-refractivity contribution >= 4 is 23.2 Å². The van der Waals surface area contributed by atoms with Crippen LogP contribution in [0, 0.1) is 5.92 Å². The summed E-state index contributed by atoms with van der Waals surface area (Å²) in [5.74, 6) is -0.903. The maximum absolute atomic E-state index is 12.0. The van der Waals surface area contributed by atoms with Gasteiger partial charge in [-0.25, -0.2) is 9.78 Å². The van der Waals surface area contributed by atoms with Crippen molar-refractivity contribution in [2.45, 2.75) is 46.1 Å². The number of carbonyl (C=O) groups excluding carboxylic acids is 1. The molecule has 1 amide bonds. The second-order valence-corrected chi connectivity index (χ2v) is 6.27. The zero-order valence-corrected chi connectivity index (χ0v) is 12.5. The van der Waals surface area contributed by atoms with Gasteiger partial charge in [0, 0.05) is 5.92 Å². The Labute approximate surface area is 117 Å². The van der Waals surface area contributed by atoms with E-state index in [1.165, 1.54) is 17.5 Å². The zero-order chi connectivity index (χ0) is 14.6. The third-order valence-corrected chi connectivity index (χ3v) is 3.85. The summed E-state index contributed by atoms with van der Waals surface area (Å²) in [6.45, 7) is 7.84. The van der Waals surface area contributed by atoms with Gasteiger partial charge in [-0.05, 0) is 12.3 Å². The molecular weight excluding hydrogens is 264 g/mol. The van der Waals surface area contributed by atoms with E-state index in [-0.39, 0.29) is 17.7 Å². The zero-order valence-electron chi connectivity index (χ0n) is 11.6. The number of aliphatic carboxylic acids is 1. The molecular formula is C13H20N2O3S. The van der Waals surface area contributed by atoms with Crippen LogP contribution < -0.4 is 5.32 Å². The van der Waals surface area contributed by atoms with E-state index in [0.717, 1.165) is 5.01 Å². The van der Waals surface area contributed by atoms with Crippen LogP contribution in [0.25, 0.3) is 0 Å². The number of carboxylic acid groups (broad SMARTS) is 1. The molecule has 0 unspecified atom stereocenters. The Morgan fingerprint density at radius 3 is 2.42 bits per heavy atom. The number of hydrogen-bond acceptors (Lipinski definition) is 4. The molecule has 0 saturated heterocycles. The van der Waals surface area contributed by atoms with Crippen LogP contribution in [-0.4, -0.2) is 28.0 Å². The van der Waals surface area contributed by atoms with Gasteiger partial charge < -0.3 is 10.4 Å². The lowest BCUT2D eigenvalue weighted by atomic mass is 10.0. The van der Waals surface area contributed by atoms with E-state index < -0.39 is 12.0 Å². The molecule has 19 heavy (non-hydrogen) atoms. The van der Waals surface area contributed by atoms with Gasteiger partial charge in [-0.3, -0.25) is 4.79 Å². The lowest BCUT2D eigenvalue weighted by molar-refractivity contribution is -0.139. The van der Waals surface area contributed by atoms with Crippen molar-refractivity contribution in [3.63, 3.8) is 0 Å².